The van der Waals surface area contributed by atoms with Gasteiger partial charge in [0, 0.05) is 25.4 Å². The van der Waals surface area contributed by atoms with Gasteiger partial charge in [-0.15, -0.1) is 0 Å². The van der Waals surface area contributed by atoms with Crippen molar-refractivity contribution in [3.05, 3.63) is 64.1 Å². The van der Waals surface area contributed by atoms with E-state index in [1.54, 1.807) is 13.8 Å². The molecule has 0 spiro atoms. The third-order valence-corrected chi connectivity index (χ3v) is 6.68. The normalized spacial score (nSPS) is 12.8. The highest BCUT2D eigenvalue weighted by Gasteiger charge is 2.22. The van der Waals surface area contributed by atoms with Gasteiger partial charge in [-0.05, 0) is 31.0 Å². The number of hydrogen-bond acceptors (Lipinski definition) is 4. The molecule has 0 saturated carbocycles. The third kappa shape index (κ3) is 4.88. The Bertz CT molecular complexity index is 995. The van der Waals surface area contributed by atoms with Gasteiger partial charge in [0.1, 0.15) is 6.54 Å². The molecule has 0 saturated heterocycles. The summed E-state index contributed by atoms with van der Waals surface area (Å²) in [4.78, 5) is 24.6. The minimum Gasteiger partial charge on any atom is -0.348 e. The SMILES string of the molecule is CCN(CC)S(=O)(=O)c1ccc(=O)n(CC(=O)N[C@H](C)c2ccccc2C)c1. The van der Waals surface area contributed by atoms with Gasteiger partial charge in [-0.3, -0.25) is 9.59 Å². The van der Waals surface area contributed by atoms with Crippen LogP contribution in [0.2, 0.25) is 0 Å². The summed E-state index contributed by atoms with van der Waals surface area (Å²) in [5.41, 5.74) is 1.61. The number of rotatable bonds is 8. The number of carbonyl (C=O) groups is 1. The van der Waals surface area contributed by atoms with E-state index in [0.717, 1.165) is 15.7 Å². The van der Waals surface area contributed by atoms with Crippen LogP contribution in [0.3, 0.4) is 0 Å². The van der Waals surface area contributed by atoms with E-state index >= 15 is 0 Å². The highest BCUT2D eigenvalue weighted by atomic mass is 32.2. The van der Waals surface area contributed by atoms with Gasteiger partial charge in [0.2, 0.25) is 15.9 Å². The summed E-state index contributed by atoms with van der Waals surface area (Å²) in [6, 6.07) is 9.95. The predicted molar refractivity (Wildman–Crippen MR) is 109 cm³/mol. The van der Waals surface area contributed by atoms with Gasteiger partial charge < -0.3 is 9.88 Å². The van der Waals surface area contributed by atoms with Crippen molar-refractivity contribution in [1.82, 2.24) is 14.2 Å². The van der Waals surface area contributed by atoms with Crippen LogP contribution in [-0.2, 0) is 21.4 Å². The quantitative estimate of drug-likeness (QED) is 0.728. The summed E-state index contributed by atoms with van der Waals surface area (Å²) in [5.74, 6) is -0.366. The van der Waals surface area contributed by atoms with E-state index in [2.05, 4.69) is 5.32 Å². The van der Waals surface area contributed by atoms with Crippen molar-refractivity contribution in [2.24, 2.45) is 0 Å². The van der Waals surface area contributed by atoms with Crippen LogP contribution >= 0.6 is 0 Å². The number of sulfonamides is 1. The lowest BCUT2D eigenvalue weighted by molar-refractivity contribution is -0.122. The molecule has 0 aliphatic heterocycles. The van der Waals surface area contributed by atoms with Crippen LogP contribution in [0.25, 0.3) is 0 Å². The Morgan fingerprint density at radius 3 is 2.39 bits per heavy atom. The van der Waals surface area contributed by atoms with E-state index in [4.69, 9.17) is 0 Å². The molecular weight excluding hydrogens is 378 g/mol. The first kappa shape index (κ1) is 21.8. The Morgan fingerprint density at radius 2 is 1.79 bits per heavy atom. The first-order valence-electron chi connectivity index (χ1n) is 9.26. The maximum absolute atomic E-state index is 12.7. The van der Waals surface area contributed by atoms with E-state index in [1.165, 1.54) is 22.6 Å². The van der Waals surface area contributed by atoms with Crippen molar-refractivity contribution < 1.29 is 13.2 Å². The largest absolute Gasteiger partial charge is 0.348 e. The van der Waals surface area contributed by atoms with Gasteiger partial charge in [-0.2, -0.15) is 4.31 Å². The average molecular weight is 406 g/mol. The van der Waals surface area contributed by atoms with Crippen molar-refractivity contribution in [2.45, 2.75) is 45.2 Å². The van der Waals surface area contributed by atoms with Gasteiger partial charge >= 0.3 is 0 Å². The maximum atomic E-state index is 12.7. The Hall–Kier alpha value is -2.45. The monoisotopic (exact) mass is 405 g/mol. The Labute approximate surface area is 166 Å². The number of nitrogens with one attached hydrogen (secondary N) is 1. The second-order valence-corrected chi connectivity index (χ2v) is 8.50. The van der Waals surface area contributed by atoms with E-state index in [1.807, 2.05) is 38.1 Å². The first-order chi connectivity index (χ1) is 13.2. The Morgan fingerprint density at radius 1 is 1.14 bits per heavy atom. The summed E-state index contributed by atoms with van der Waals surface area (Å²) in [5, 5.41) is 2.86. The molecule has 7 nitrogen and oxygen atoms in total. The van der Waals surface area contributed by atoms with E-state index in [0.29, 0.717) is 13.1 Å². The zero-order chi connectivity index (χ0) is 20.9. The summed E-state index contributed by atoms with van der Waals surface area (Å²) < 4.78 is 27.7. The minimum absolute atomic E-state index is 0.00412. The van der Waals surface area contributed by atoms with Crippen LogP contribution < -0.4 is 10.9 Å². The van der Waals surface area contributed by atoms with Crippen molar-refractivity contribution in [1.29, 1.82) is 0 Å². The van der Waals surface area contributed by atoms with E-state index < -0.39 is 15.6 Å². The molecule has 28 heavy (non-hydrogen) atoms. The van der Waals surface area contributed by atoms with Crippen molar-refractivity contribution in [2.75, 3.05) is 13.1 Å². The van der Waals surface area contributed by atoms with Crippen molar-refractivity contribution in [3.8, 4) is 0 Å². The van der Waals surface area contributed by atoms with Crippen molar-refractivity contribution >= 4 is 15.9 Å². The lowest BCUT2D eigenvalue weighted by atomic mass is 10.0. The van der Waals surface area contributed by atoms with Crippen LogP contribution in [0.1, 0.15) is 37.9 Å². The molecule has 1 N–H and O–H groups in total. The van der Waals surface area contributed by atoms with E-state index in [-0.39, 0.29) is 23.4 Å². The molecule has 1 atom stereocenters. The standard InChI is InChI=1S/C20H27N3O4S/c1-5-23(6-2)28(26,27)17-11-12-20(25)22(13-17)14-19(24)21-16(4)18-10-8-7-9-15(18)3/h7-13,16H,5-6,14H2,1-4H3,(H,21,24)/t16-/m1/s1. The first-order valence-corrected chi connectivity index (χ1v) is 10.7. The Balaban J connectivity index is 2.21. The molecule has 1 heterocycles. The molecule has 0 bridgehead atoms. The predicted octanol–water partition coefficient (Wildman–Crippen LogP) is 2.06. The average Bonchev–Trinajstić information content (AvgIpc) is 2.64. The van der Waals surface area contributed by atoms with Gasteiger partial charge in [0.05, 0.1) is 10.9 Å². The summed E-state index contributed by atoms with van der Waals surface area (Å²) >= 11 is 0. The summed E-state index contributed by atoms with van der Waals surface area (Å²) in [6.07, 6.45) is 1.23. The number of hydrogen-bond donors (Lipinski definition) is 1. The lowest BCUT2D eigenvalue weighted by Gasteiger charge is -2.19. The number of carbonyl (C=O) groups excluding carboxylic acids is 1. The van der Waals surface area contributed by atoms with Crippen LogP contribution in [0.4, 0.5) is 0 Å². The highest BCUT2D eigenvalue weighted by molar-refractivity contribution is 7.89. The molecular formula is C20H27N3O4S. The molecule has 2 aromatic rings. The van der Waals surface area contributed by atoms with Gasteiger partial charge in [0.25, 0.3) is 5.56 Å². The molecule has 1 aromatic carbocycles. The smallest absolute Gasteiger partial charge is 0.251 e. The molecule has 2 rings (SSSR count). The van der Waals surface area contributed by atoms with Crippen LogP contribution in [-0.4, -0.2) is 36.3 Å². The van der Waals surface area contributed by atoms with Crippen LogP contribution in [0.5, 0.6) is 0 Å². The summed E-state index contributed by atoms with van der Waals surface area (Å²) in [6.45, 7) is 7.72. The number of aromatic nitrogens is 1. The van der Waals surface area contributed by atoms with Gasteiger partial charge in [-0.25, -0.2) is 8.42 Å². The maximum Gasteiger partial charge on any atom is 0.251 e. The molecule has 0 aliphatic carbocycles. The number of benzene rings is 1. The van der Waals surface area contributed by atoms with Gasteiger partial charge in [0.15, 0.2) is 0 Å². The fourth-order valence-corrected chi connectivity index (χ4v) is 4.57. The number of nitrogens with zero attached hydrogens (tertiary/aromatic N) is 2. The minimum atomic E-state index is -3.71. The fourth-order valence-electron chi connectivity index (χ4n) is 3.09. The molecule has 0 aliphatic rings. The zero-order valence-corrected chi connectivity index (χ0v) is 17.5. The van der Waals surface area contributed by atoms with Crippen molar-refractivity contribution in [3.63, 3.8) is 0 Å². The number of aryl methyl sites for hydroxylation is 1. The zero-order valence-electron chi connectivity index (χ0n) is 16.7. The second kappa shape index (κ2) is 9.16. The fraction of sp³-hybridized carbons (Fsp3) is 0.400. The molecule has 8 heteroatoms. The van der Waals surface area contributed by atoms with Crippen LogP contribution in [0, 0.1) is 6.92 Å². The topological polar surface area (TPSA) is 88.5 Å². The lowest BCUT2D eigenvalue weighted by Crippen LogP contribution is -2.35. The number of amides is 1. The highest BCUT2D eigenvalue weighted by Crippen LogP contribution is 2.17. The number of pyridine rings is 1. The molecule has 0 radical (unpaired) electrons. The second-order valence-electron chi connectivity index (χ2n) is 6.57. The molecule has 1 amide bonds. The van der Waals surface area contributed by atoms with E-state index in [9.17, 15) is 18.0 Å². The molecule has 0 fully saturated rings. The molecule has 1 aromatic heterocycles. The van der Waals surface area contributed by atoms with Gasteiger partial charge in [-0.1, -0.05) is 38.1 Å². The Kier molecular flexibility index (Phi) is 7.15. The van der Waals surface area contributed by atoms with Crippen LogP contribution in [0.15, 0.2) is 52.3 Å². The third-order valence-electron chi connectivity index (χ3n) is 4.65. The molecule has 0 unspecified atom stereocenters. The molecule has 152 valence electrons. The summed E-state index contributed by atoms with van der Waals surface area (Å²) in [7, 11) is -3.71.